The summed E-state index contributed by atoms with van der Waals surface area (Å²) in [7, 11) is 0. The molecule has 0 amide bonds. The van der Waals surface area contributed by atoms with Gasteiger partial charge in [-0.2, -0.15) is 0 Å². The van der Waals surface area contributed by atoms with Crippen molar-refractivity contribution < 1.29 is 4.42 Å². The molecule has 0 saturated heterocycles. The number of hydrogen-bond acceptors (Lipinski definition) is 1. The Kier molecular flexibility index (Phi) is 7.37. The van der Waals surface area contributed by atoms with Crippen LogP contribution in [0.15, 0.2) is 223 Å². The molecule has 1 nitrogen and oxygen atoms in total. The quantitative estimate of drug-likeness (QED) is 0.162. The average molecular weight is 773 g/mol. The topological polar surface area (TPSA) is 13.1 Å². The largest absolute Gasteiger partial charge is 0.456 e. The Morgan fingerprint density at radius 3 is 1.07 bits per heavy atom. The van der Waals surface area contributed by atoms with Crippen molar-refractivity contribution in [3.05, 3.63) is 218 Å². The van der Waals surface area contributed by atoms with Crippen molar-refractivity contribution >= 4 is 86.6 Å². The summed E-state index contributed by atoms with van der Waals surface area (Å²) in [5.41, 5.74) is 11.6. The fourth-order valence-electron chi connectivity index (χ4n) is 10.5. The summed E-state index contributed by atoms with van der Waals surface area (Å²) in [6.07, 6.45) is 0. The number of hydrogen-bond donors (Lipinski definition) is 0. The van der Waals surface area contributed by atoms with Gasteiger partial charge < -0.3 is 4.42 Å². The molecule has 0 aliphatic heterocycles. The van der Waals surface area contributed by atoms with E-state index in [2.05, 4.69) is 218 Å². The summed E-state index contributed by atoms with van der Waals surface area (Å²) in [4.78, 5) is 0. The molecule has 0 radical (unpaired) electrons. The lowest BCUT2D eigenvalue weighted by Crippen LogP contribution is -1.92. The first-order valence-electron chi connectivity index (χ1n) is 21.1. The molecule has 0 aliphatic rings. The van der Waals surface area contributed by atoms with Crippen molar-refractivity contribution in [1.82, 2.24) is 0 Å². The van der Waals surface area contributed by atoms with Crippen molar-refractivity contribution in [2.45, 2.75) is 0 Å². The van der Waals surface area contributed by atoms with E-state index in [4.69, 9.17) is 4.42 Å². The van der Waals surface area contributed by atoms with Gasteiger partial charge in [-0.1, -0.05) is 200 Å². The van der Waals surface area contributed by atoms with Crippen molar-refractivity contribution in [2.75, 3.05) is 0 Å². The van der Waals surface area contributed by atoms with Crippen LogP contribution in [0.25, 0.3) is 131 Å². The van der Waals surface area contributed by atoms with Crippen molar-refractivity contribution in [3.63, 3.8) is 0 Å². The zero-order valence-corrected chi connectivity index (χ0v) is 33.2. The van der Waals surface area contributed by atoms with E-state index in [1.165, 1.54) is 109 Å². The zero-order chi connectivity index (χ0) is 40.0. The molecule has 1 heterocycles. The van der Waals surface area contributed by atoms with Gasteiger partial charge in [-0.25, -0.2) is 0 Å². The molecule has 1 aromatic heterocycles. The van der Waals surface area contributed by atoms with Gasteiger partial charge in [0.05, 0.1) is 0 Å². The van der Waals surface area contributed by atoms with Gasteiger partial charge in [-0.3, -0.25) is 0 Å². The van der Waals surface area contributed by atoms with Crippen LogP contribution in [-0.2, 0) is 0 Å². The van der Waals surface area contributed by atoms with E-state index in [1.54, 1.807) is 0 Å². The Hall–Kier alpha value is -8.00. The lowest BCUT2D eigenvalue weighted by Gasteiger charge is -2.19. The van der Waals surface area contributed by atoms with Crippen LogP contribution in [-0.4, -0.2) is 0 Å². The highest BCUT2D eigenvalue weighted by Crippen LogP contribution is 2.50. The summed E-state index contributed by atoms with van der Waals surface area (Å²) < 4.78 is 6.76. The maximum atomic E-state index is 6.76. The minimum Gasteiger partial charge on any atom is -0.456 e. The molecule has 0 saturated carbocycles. The highest BCUT2D eigenvalue weighted by atomic mass is 16.3. The van der Waals surface area contributed by atoms with Gasteiger partial charge in [0.2, 0.25) is 0 Å². The molecule has 0 aliphatic carbocycles. The van der Waals surface area contributed by atoms with Crippen LogP contribution in [0.4, 0.5) is 0 Å². The van der Waals surface area contributed by atoms with Crippen LogP contribution in [0, 0.1) is 0 Å². The predicted molar refractivity (Wildman–Crippen MR) is 260 cm³/mol. The molecule has 282 valence electrons. The van der Waals surface area contributed by atoms with E-state index in [0.29, 0.717) is 0 Å². The maximum absolute atomic E-state index is 6.76. The van der Waals surface area contributed by atoms with Crippen LogP contribution in [0.2, 0.25) is 0 Å². The summed E-state index contributed by atoms with van der Waals surface area (Å²) >= 11 is 0. The third-order valence-corrected chi connectivity index (χ3v) is 13.0. The van der Waals surface area contributed by atoms with Crippen molar-refractivity contribution in [2.24, 2.45) is 0 Å². The second kappa shape index (κ2) is 13.3. The summed E-state index contributed by atoms with van der Waals surface area (Å²) in [5.74, 6) is 0. The van der Waals surface area contributed by atoms with E-state index >= 15 is 0 Å². The SMILES string of the molecule is c1ccc2c(-c3c4ccccc4c(-c4ccc5oc6cccc(-c7c8ccccc8c(-c8cccc9ccccc89)c8ccccc78)c6c5c4)c4ccccc34)cccc2c1. The molecule has 0 unspecified atom stereocenters. The number of furan rings is 1. The average Bonchev–Trinajstić information content (AvgIpc) is 3.71. The first kappa shape index (κ1) is 33.9. The normalized spacial score (nSPS) is 11.9. The molecule has 1 heteroatoms. The minimum atomic E-state index is 0.883. The first-order valence-corrected chi connectivity index (χ1v) is 21.1. The zero-order valence-electron chi connectivity index (χ0n) is 33.2. The van der Waals surface area contributed by atoms with Crippen LogP contribution >= 0.6 is 0 Å². The van der Waals surface area contributed by atoms with Gasteiger partial charge in [-0.05, 0) is 127 Å². The number of rotatable bonds is 4. The van der Waals surface area contributed by atoms with E-state index in [1.807, 2.05) is 0 Å². The van der Waals surface area contributed by atoms with Crippen LogP contribution in [0.5, 0.6) is 0 Å². The van der Waals surface area contributed by atoms with Gasteiger partial charge in [0.1, 0.15) is 11.2 Å². The van der Waals surface area contributed by atoms with Gasteiger partial charge in [0.25, 0.3) is 0 Å². The third kappa shape index (κ3) is 5.02. The highest BCUT2D eigenvalue weighted by Gasteiger charge is 2.23. The lowest BCUT2D eigenvalue weighted by molar-refractivity contribution is 0.669. The third-order valence-electron chi connectivity index (χ3n) is 13.0. The second-order valence-electron chi connectivity index (χ2n) is 16.2. The van der Waals surface area contributed by atoms with Crippen molar-refractivity contribution in [3.8, 4) is 44.5 Å². The van der Waals surface area contributed by atoms with E-state index in [-0.39, 0.29) is 0 Å². The van der Waals surface area contributed by atoms with Gasteiger partial charge in [-0.15, -0.1) is 0 Å². The summed E-state index contributed by atoms with van der Waals surface area (Å²) in [6.45, 7) is 0. The van der Waals surface area contributed by atoms with E-state index in [0.717, 1.165) is 21.9 Å². The van der Waals surface area contributed by atoms with Crippen LogP contribution < -0.4 is 0 Å². The molecule has 0 spiro atoms. The summed E-state index contributed by atoms with van der Waals surface area (Å²) in [5, 5.41) is 17.1. The smallest absolute Gasteiger partial charge is 0.136 e. The fraction of sp³-hybridized carbons (Fsp3) is 0. The number of fused-ring (bicyclic) bond motifs is 9. The predicted octanol–water partition coefficient (Wildman–Crippen LogP) is 17.2. The molecule has 61 heavy (non-hydrogen) atoms. The van der Waals surface area contributed by atoms with E-state index < -0.39 is 0 Å². The Labute approximate surface area is 352 Å². The second-order valence-corrected chi connectivity index (χ2v) is 16.2. The maximum Gasteiger partial charge on any atom is 0.136 e. The molecule has 0 bridgehead atoms. The van der Waals surface area contributed by atoms with Gasteiger partial charge in [0, 0.05) is 10.8 Å². The Morgan fingerprint density at radius 1 is 0.230 bits per heavy atom. The Balaban J connectivity index is 1.10. The first-order chi connectivity index (χ1) is 30.3. The monoisotopic (exact) mass is 772 g/mol. The molecule has 0 atom stereocenters. The molecular formula is C60H36O. The molecular weight excluding hydrogens is 737 g/mol. The standard InChI is InChI=1S/C60H36O/c1-3-20-40-37(16-1)18-13-30-42(40)57-46-24-7-5-22-44(46)56(45-23-6-8-25-47(45)57)39-34-35-54-53(36-39)60-52(32-15-33-55(60)61-54)59-50-28-11-9-26-48(50)58(49-27-10-12-29-51(49)59)43-31-14-19-38-17-2-4-21-41(38)43/h1-36H. The molecule has 0 fully saturated rings. The van der Waals surface area contributed by atoms with Gasteiger partial charge >= 0.3 is 0 Å². The fourth-order valence-corrected chi connectivity index (χ4v) is 10.5. The highest BCUT2D eigenvalue weighted by molar-refractivity contribution is 6.28. The summed E-state index contributed by atoms with van der Waals surface area (Å²) in [6, 6.07) is 80.0. The molecule has 12 aromatic carbocycles. The molecule has 13 aromatic rings. The molecule has 0 N–H and O–H groups in total. The van der Waals surface area contributed by atoms with Gasteiger partial charge in [0.15, 0.2) is 0 Å². The van der Waals surface area contributed by atoms with Crippen molar-refractivity contribution in [1.29, 1.82) is 0 Å². The van der Waals surface area contributed by atoms with E-state index in [9.17, 15) is 0 Å². The molecule has 13 rings (SSSR count). The lowest BCUT2D eigenvalue weighted by atomic mass is 9.83. The minimum absolute atomic E-state index is 0.883. The van der Waals surface area contributed by atoms with Crippen LogP contribution in [0.1, 0.15) is 0 Å². The Morgan fingerprint density at radius 2 is 0.590 bits per heavy atom. The number of benzene rings is 12. The van der Waals surface area contributed by atoms with Crippen LogP contribution in [0.3, 0.4) is 0 Å². The Bertz CT molecular complexity index is 3820.